The Labute approximate surface area is 170 Å². The number of furan rings is 1. The Morgan fingerprint density at radius 1 is 1.17 bits per heavy atom. The van der Waals surface area contributed by atoms with Crippen molar-refractivity contribution in [2.45, 2.75) is 38.8 Å². The molecule has 3 heterocycles. The van der Waals surface area contributed by atoms with Crippen molar-refractivity contribution in [3.63, 3.8) is 0 Å². The third kappa shape index (κ3) is 4.71. The van der Waals surface area contributed by atoms with Gasteiger partial charge in [-0.3, -0.25) is 4.90 Å². The highest BCUT2D eigenvalue weighted by Crippen LogP contribution is 2.33. The lowest BCUT2D eigenvalue weighted by molar-refractivity contribution is 0.153. The number of halogens is 1. The summed E-state index contributed by atoms with van der Waals surface area (Å²) in [6, 6.07) is 10.6. The molecule has 1 unspecified atom stereocenters. The van der Waals surface area contributed by atoms with Gasteiger partial charge in [0.1, 0.15) is 29.8 Å². The summed E-state index contributed by atoms with van der Waals surface area (Å²) in [6.07, 6.45) is 4.05. The topological polar surface area (TPSA) is 51.4 Å². The van der Waals surface area contributed by atoms with Crippen LogP contribution in [0, 0.1) is 12.7 Å². The Bertz CT molecular complexity index is 955. The first-order valence-corrected chi connectivity index (χ1v) is 10.0. The van der Waals surface area contributed by atoms with Crippen molar-refractivity contribution < 1.29 is 13.5 Å². The van der Waals surface area contributed by atoms with E-state index in [1.165, 1.54) is 12.1 Å². The number of likely N-dealkylation sites (tertiary alicyclic amines) is 1. The van der Waals surface area contributed by atoms with Crippen LogP contribution in [0.5, 0.6) is 0 Å². The van der Waals surface area contributed by atoms with E-state index in [9.17, 15) is 4.39 Å². The third-order valence-electron chi connectivity index (χ3n) is 5.37. The Morgan fingerprint density at radius 3 is 2.76 bits per heavy atom. The lowest BCUT2D eigenvalue weighted by Gasteiger charge is -2.32. The highest BCUT2D eigenvalue weighted by molar-refractivity contribution is 5.65. The second-order valence-electron chi connectivity index (χ2n) is 7.60. The smallest absolute Gasteiger partial charge is 0.129 e. The number of methoxy groups -OCH3 is 1. The summed E-state index contributed by atoms with van der Waals surface area (Å²) < 4.78 is 24.4. The number of rotatable bonds is 6. The van der Waals surface area contributed by atoms with Crippen molar-refractivity contribution in [1.29, 1.82) is 0 Å². The average Bonchev–Trinajstić information content (AvgIpc) is 3.16. The quantitative estimate of drug-likeness (QED) is 0.605. The number of piperidine rings is 1. The van der Waals surface area contributed by atoms with Crippen molar-refractivity contribution in [1.82, 2.24) is 14.9 Å². The van der Waals surface area contributed by atoms with Gasteiger partial charge in [0, 0.05) is 31.3 Å². The normalized spacial score (nSPS) is 17.6. The summed E-state index contributed by atoms with van der Waals surface area (Å²) in [5.74, 6) is 2.63. The molecule has 0 saturated carbocycles. The van der Waals surface area contributed by atoms with Gasteiger partial charge in [-0.25, -0.2) is 14.4 Å². The van der Waals surface area contributed by atoms with E-state index in [-0.39, 0.29) is 5.82 Å². The van der Waals surface area contributed by atoms with E-state index in [2.05, 4.69) is 9.88 Å². The van der Waals surface area contributed by atoms with Crippen molar-refractivity contribution >= 4 is 0 Å². The maximum absolute atomic E-state index is 13.4. The molecule has 6 heteroatoms. The molecule has 1 saturated heterocycles. The van der Waals surface area contributed by atoms with Gasteiger partial charge in [-0.2, -0.15) is 0 Å². The van der Waals surface area contributed by atoms with Crippen LogP contribution < -0.4 is 0 Å². The van der Waals surface area contributed by atoms with Gasteiger partial charge in [-0.1, -0.05) is 12.1 Å². The van der Waals surface area contributed by atoms with E-state index in [0.717, 1.165) is 66.6 Å². The molecule has 2 aromatic heterocycles. The SMILES string of the molecule is COCc1ccc(CN2CCCC(c3nc(C)ncc3-c3ccc(F)cc3)C2)o1. The highest BCUT2D eigenvalue weighted by atomic mass is 19.1. The monoisotopic (exact) mass is 395 g/mol. The minimum Gasteiger partial charge on any atom is -0.462 e. The second-order valence-corrected chi connectivity index (χ2v) is 7.60. The molecule has 0 bridgehead atoms. The predicted molar refractivity (Wildman–Crippen MR) is 109 cm³/mol. The maximum atomic E-state index is 13.4. The fraction of sp³-hybridized carbons (Fsp3) is 0.391. The Kier molecular flexibility index (Phi) is 6.02. The number of nitrogens with zero attached hydrogens (tertiary/aromatic N) is 3. The van der Waals surface area contributed by atoms with Gasteiger partial charge in [0.2, 0.25) is 0 Å². The number of hydrogen-bond acceptors (Lipinski definition) is 5. The molecule has 1 aliphatic heterocycles. The first kappa shape index (κ1) is 19.7. The summed E-state index contributed by atoms with van der Waals surface area (Å²) in [5, 5.41) is 0. The molecule has 0 radical (unpaired) electrons. The van der Waals surface area contributed by atoms with Crippen molar-refractivity contribution in [3.8, 4) is 11.1 Å². The molecule has 4 rings (SSSR count). The lowest BCUT2D eigenvalue weighted by atomic mass is 9.90. The zero-order valence-corrected chi connectivity index (χ0v) is 16.9. The molecule has 5 nitrogen and oxygen atoms in total. The number of aryl methyl sites for hydroxylation is 1. The number of benzene rings is 1. The molecule has 0 amide bonds. The van der Waals surface area contributed by atoms with E-state index in [0.29, 0.717) is 12.5 Å². The molecule has 0 aliphatic carbocycles. The summed E-state index contributed by atoms with van der Waals surface area (Å²) in [7, 11) is 1.67. The van der Waals surface area contributed by atoms with Crippen LogP contribution in [0.4, 0.5) is 4.39 Å². The van der Waals surface area contributed by atoms with E-state index in [1.54, 1.807) is 19.2 Å². The van der Waals surface area contributed by atoms with Crippen LogP contribution in [0.3, 0.4) is 0 Å². The minimum atomic E-state index is -0.238. The zero-order chi connectivity index (χ0) is 20.2. The summed E-state index contributed by atoms with van der Waals surface area (Å²) in [6.45, 7) is 5.12. The van der Waals surface area contributed by atoms with Crippen molar-refractivity contribution in [2.24, 2.45) is 0 Å². The molecule has 0 spiro atoms. The summed E-state index contributed by atoms with van der Waals surface area (Å²) >= 11 is 0. The van der Waals surface area contributed by atoms with Crippen LogP contribution in [0.1, 0.15) is 41.8 Å². The van der Waals surface area contributed by atoms with Crippen LogP contribution in [0.15, 0.2) is 47.0 Å². The van der Waals surface area contributed by atoms with Crippen molar-refractivity contribution in [3.05, 3.63) is 71.5 Å². The van der Waals surface area contributed by atoms with E-state index in [1.807, 2.05) is 25.3 Å². The Hall–Kier alpha value is -2.57. The van der Waals surface area contributed by atoms with Gasteiger partial charge in [0.15, 0.2) is 0 Å². The summed E-state index contributed by atoms with van der Waals surface area (Å²) in [4.78, 5) is 11.6. The molecule has 3 aromatic rings. The van der Waals surface area contributed by atoms with Crippen LogP contribution in [-0.2, 0) is 17.9 Å². The number of hydrogen-bond donors (Lipinski definition) is 0. The molecule has 1 atom stereocenters. The lowest BCUT2D eigenvalue weighted by Crippen LogP contribution is -2.34. The van der Waals surface area contributed by atoms with Gasteiger partial charge in [0.05, 0.1) is 12.2 Å². The first-order chi connectivity index (χ1) is 14.1. The second kappa shape index (κ2) is 8.84. The molecular formula is C23H26FN3O2. The van der Waals surface area contributed by atoms with Crippen LogP contribution in [0.2, 0.25) is 0 Å². The van der Waals surface area contributed by atoms with Gasteiger partial charge < -0.3 is 9.15 Å². The molecule has 29 heavy (non-hydrogen) atoms. The molecule has 152 valence electrons. The Balaban J connectivity index is 1.54. The fourth-order valence-corrected chi connectivity index (χ4v) is 4.02. The number of ether oxygens (including phenoxy) is 1. The van der Waals surface area contributed by atoms with Gasteiger partial charge in [0.25, 0.3) is 0 Å². The molecule has 1 fully saturated rings. The molecule has 1 aliphatic rings. The van der Waals surface area contributed by atoms with Gasteiger partial charge in [-0.15, -0.1) is 0 Å². The van der Waals surface area contributed by atoms with E-state index < -0.39 is 0 Å². The summed E-state index contributed by atoms with van der Waals surface area (Å²) in [5.41, 5.74) is 2.99. The Morgan fingerprint density at radius 2 is 1.97 bits per heavy atom. The van der Waals surface area contributed by atoms with Crippen LogP contribution in [0.25, 0.3) is 11.1 Å². The first-order valence-electron chi connectivity index (χ1n) is 10.0. The fourth-order valence-electron chi connectivity index (χ4n) is 4.02. The van der Waals surface area contributed by atoms with Gasteiger partial charge in [-0.05, 0) is 56.1 Å². The van der Waals surface area contributed by atoms with E-state index >= 15 is 0 Å². The molecule has 0 N–H and O–H groups in total. The highest BCUT2D eigenvalue weighted by Gasteiger charge is 2.26. The third-order valence-corrected chi connectivity index (χ3v) is 5.37. The standard InChI is InChI=1S/C23H26FN3O2/c1-16-25-12-22(17-5-7-19(24)8-6-17)23(26-16)18-4-3-11-27(13-18)14-20-9-10-21(29-20)15-28-2/h5-10,12,18H,3-4,11,13-15H2,1-2H3. The van der Waals surface area contributed by atoms with Crippen molar-refractivity contribution in [2.75, 3.05) is 20.2 Å². The average molecular weight is 395 g/mol. The van der Waals surface area contributed by atoms with E-state index in [4.69, 9.17) is 14.1 Å². The zero-order valence-electron chi connectivity index (χ0n) is 16.9. The maximum Gasteiger partial charge on any atom is 0.129 e. The predicted octanol–water partition coefficient (Wildman–Crippen LogP) is 4.71. The van der Waals surface area contributed by atoms with Crippen LogP contribution in [-0.4, -0.2) is 35.1 Å². The largest absolute Gasteiger partial charge is 0.462 e. The van der Waals surface area contributed by atoms with Gasteiger partial charge >= 0.3 is 0 Å². The van der Waals surface area contributed by atoms with Crippen LogP contribution >= 0.6 is 0 Å². The minimum absolute atomic E-state index is 0.238. The molecular weight excluding hydrogens is 369 g/mol. The number of aromatic nitrogens is 2. The molecule has 1 aromatic carbocycles.